The predicted octanol–water partition coefficient (Wildman–Crippen LogP) is 1.58. The van der Waals surface area contributed by atoms with Crippen molar-refractivity contribution in [1.82, 2.24) is 0 Å². The second-order valence-corrected chi connectivity index (χ2v) is 3.79. The van der Waals surface area contributed by atoms with E-state index in [9.17, 15) is 9.59 Å². The van der Waals surface area contributed by atoms with Crippen LogP contribution in [0.1, 0.15) is 33.1 Å². The van der Waals surface area contributed by atoms with E-state index in [1.807, 2.05) is 0 Å². The van der Waals surface area contributed by atoms with Crippen molar-refractivity contribution in [3.05, 3.63) is 0 Å². The molecule has 70 valence electrons. The fraction of sp³-hybridized carbons (Fsp3) is 0.636. The van der Waals surface area contributed by atoms with Crippen LogP contribution in [0, 0.1) is 23.7 Å². The van der Waals surface area contributed by atoms with Gasteiger partial charge in [-0.25, -0.2) is 0 Å². The number of Topliss-reactive ketones (excluding diaryl/α,β-unsaturated/α-hetero) is 2. The van der Waals surface area contributed by atoms with E-state index < -0.39 is 5.41 Å². The summed E-state index contributed by atoms with van der Waals surface area (Å²) in [6.45, 7) is 3.45. The van der Waals surface area contributed by atoms with Gasteiger partial charge in [-0.3, -0.25) is 9.59 Å². The fourth-order valence-electron chi connectivity index (χ4n) is 1.73. The van der Waals surface area contributed by atoms with Gasteiger partial charge in [-0.15, -0.1) is 12.3 Å². The molecule has 0 bridgehead atoms. The van der Waals surface area contributed by atoms with Gasteiger partial charge in [0.15, 0.2) is 0 Å². The molecule has 1 aliphatic carbocycles. The van der Waals surface area contributed by atoms with Crippen molar-refractivity contribution >= 4 is 11.6 Å². The molecule has 0 heterocycles. The van der Waals surface area contributed by atoms with Crippen molar-refractivity contribution in [2.75, 3.05) is 0 Å². The number of terminal acetylenes is 1. The Labute approximate surface area is 78.7 Å². The molecule has 1 atom stereocenters. The van der Waals surface area contributed by atoms with Gasteiger partial charge >= 0.3 is 0 Å². The van der Waals surface area contributed by atoms with E-state index in [2.05, 4.69) is 5.92 Å². The lowest BCUT2D eigenvalue weighted by Gasteiger charge is -2.33. The molecular weight excluding hydrogens is 164 g/mol. The number of carbonyl (C=O) groups is 2. The largest absolute Gasteiger partial charge is 0.299 e. The third-order valence-electron chi connectivity index (χ3n) is 3.08. The quantitative estimate of drug-likeness (QED) is 0.451. The minimum atomic E-state index is -0.910. The predicted molar refractivity (Wildman–Crippen MR) is 50.0 cm³/mol. The highest BCUT2D eigenvalue weighted by atomic mass is 16.2. The molecular formula is C11H14O2. The molecule has 0 aromatic heterocycles. The molecule has 0 spiro atoms. The van der Waals surface area contributed by atoms with Crippen molar-refractivity contribution in [1.29, 1.82) is 0 Å². The van der Waals surface area contributed by atoms with E-state index in [0.29, 0.717) is 19.3 Å². The van der Waals surface area contributed by atoms with Crippen LogP contribution in [0.5, 0.6) is 0 Å². The highest BCUT2D eigenvalue weighted by Crippen LogP contribution is 2.36. The SMILES string of the molecule is C#C[C@H](C)C1(C)C(=O)CCCC1=O. The Morgan fingerprint density at radius 3 is 2.23 bits per heavy atom. The lowest BCUT2D eigenvalue weighted by molar-refractivity contribution is -0.144. The van der Waals surface area contributed by atoms with Crippen molar-refractivity contribution in [2.45, 2.75) is 33.1 Å². The molecule has 1 saturated carbocycles. The Morgan fingerprint density at radius 2 is 1.85 bits per heavy atom. The Kier molecular flexibility index (Phi) is 2.56. The summed E-state index contributed by atoms with van der Waals surface area (Å²) in [5.41, 5.74) is -0.910. The van der Waals surface area contributed by atoms with Crippen LogP contribution in [0.15, 0.2) is 0 Å². The Balaban J connectivity index is 3.02. The standard InChI is InChI=1S/C11H14O2/c1-4-8(2)11(3)9(12)6-5-7-10(11)13/h1,8H,5-7H2,2-3H3/t8-/m0/s1. The van der Waals surface area contributed by atoms with Crippen LogP contribution in [-0.4, -0.2) is 11.6 Å². The Bertz CT molecular complexity index is 267. The third-order valence-corrected chi connectivity index (χ3v) is 3.08. The molecule has 1 aliphatic rings. The molecule has 0 N–H and O–H groups in total. The van der Waals surface area contributed by atoms with Crippen LogP contribution in [0.3, 0.4) is 0 Å². The summed E-state index contributed by atoms with van der Waals surface area (Å²) in [5, 5.41) is 0. The minimum absolute atomic E-state index is 0.00852. The van der Waals surface area contributed by atoms with Gasteiger partial charge in [0.1, 0.15) is 11.6 Å². The number of rotatable bonds is 1. The topological polar surface area (TPSA) is 34.1 Å². The summed E-state index contributed by atoms with van der Waals surface area (Å²) in [4.78, 5) is 23.2. The molecule has 0 radical (unpaired) electrons. The molecule has 0 saturated heterocycles. The van der Waals surface area contributed by atoms with Gasteiger partial charge in [0.05, 0.1) is 5.41 Å². The zero-order chi connectivity index (χ0) is 10.1. The first-order valence-corrected chi connectivity index (χ1v) is 4.56. The van der Waals surface area contributed by atoms with Crippen LogP contribution in [0.25, 0.3) is 0 Å². The first-order valence-electron chi connectivity index (χ1n) is 4.56. The van der Waals surface area contributed by atoms with Crippen molar-refractivity contribution in [3.8, 4) is 12.3 Å². The lowest BCUT2D eigenvalue weighted by atomic mass is 9.66. The maximum atomic E-state index is 11.6. The van der Waals surface area contributed by atoms with Crippen molar-refractivity contribution < 1.29 is 9.59 Å². The molecule has 0 amide bonds. The first kappa shape index (κ1) is 9.98. The van der Waals surface area contributed by atoms with Crippen LogP contribution in [-0.2, 0) is 9.59 Å². The first-order chi connectivity index (χ1) is 6.03. The van der Waals surface area contributed by atoms with Crippen LogP contribution >= 0.6 is 0 Å². The average molecular weight is 178 g/mol. The van der Waals surface area contributed by atoms with Gasteiger partial charge in [-0.1, -0.05) is 0 Å². The van der Waals surface area contributed by atoms with E-state index in [1.54, 1.807) is 13.8 Å². The molecule has 1 fully saturated rings. The van der Waals surface area contributed by atoms with Crippen molar-refractivity contribution in [2.24, 2.45) is 11.3 Å². The molecule has 2 heteroatoms. The summed E-state index contributed by atoms with van der Waals surface area (Å²) in [7, 11) is 0. The summed E-state index contributed by atoms with van der Waals surface area (Å²) in [6.07, 6.45) is 6.93. The molecule has 0 aliphatic heterocycles. The summed E-state index contributed by atoms with van der Waals surface area (Å²) >= 11 is 0. The summed E-state index contributed by atoms with van der Waals surface area (Å²) in [6, 6.07) is 0. The average Bonchev–Trinajstić information content (AvgIpc) is 2.12. The highest BCUT2D eigenvalue weighted by molar-refractivity contribution is 6.09. The molecule has 0 aromatic rings. The van der Waals surface area contributed by atoms with Gasteiger partial charge in [-0.2, -0.15) is 0 Å². The van der Waals surface area contributed by atoms with Gasteiger partial charge in [0.25, 0.3) is 0 Å². The number of ketones is 2. The van der Waals surface area contributed by atoms with Gasteiger partial charge in [-0.05, 0) is 20.3 Å². The Hall–Kier alpha value is -1.10. The van der Waals surface area contributed by atoms with E-state index in [1.165, 1.54) is 0 Å². The maximum Gasteiger partial charge on any atom is 0.147 e. The zero-order valence-electron chi connectivity index (χ0n) is 8.09. The fourth-order valence-corrected chi connectivity index (χ4v) is 1.73. The number of carbonyl (C=O) groups excluding carboxylic acids is 2. The van der Waals surface area contributed by atoms with E-state index in [4.69, 9.17) is 6.42 Å². The summed E-state index contributed by atoms with van der Waals surface area (Å²) < 4.78 is 0. The molecule has 2 nitrogen and oxygen atoms in total. The van der Waals surface area contributed by atoms with Crippen LogP contribution < -0.4 is 0 Å². The van der Waals surface area contributed by atoms with Gasteiger partial charge in [0, 0.05) is 18.8 Å². The van der Waals surface area contributed by atoms with Crippen molar-refractivity contribution in [3.63, 3.8) is 0 Å². The van der Waals surface area contributed by atoms with Gasteiger partial charge in [0.2, 0.25) is 0 Å². The molecule has 13 heavy (non-hydrogen) atoms. The normalized spacial score (nSPS) is 23.8. The number of hydrogen-bond donors (Lipinski definition) is 0. The monoisotopic (exact) mass is 178 g/mol. The molecule has 0 aromatic carbocycles. The third kappa shape index (κ3) is 1.39. The molecule has 0 unspecified atom stereocenters. The van der Waals surface area contributed by atoms with E-state index in [0.717, 1.165) is 0 Å². The van der Waals surface area contributed by atoms with E-state index in [-0.39, 0.29) is 17.5 Å². The highest BCUT2D eigenvalue weighted by Gasteiger charge is 2.46. The second kappa shape index (κ2) is 3.33. The van der Waals surface area contributed by atoms with Crippen LogP contribution in [0.4, 0.5) is 0 Å². The second-order valence-electron chi connectivity index (χ2n) is 3.79. The van der Waals surface area contributed by atoms with Crippen LogP contribution in [0.2, 0.25) is 0 Å². The maximum absolute atomic E-state index is 11.6. The molecule has 1 rings (SSSR count). The van der Waals surface area contributed by atoms with E-state index >= 15 is 0 Å². The minimum Gasteiger partial charge on any atom is -0.299 e. The summed E-state index contributed by atoms with van der Waals surface area (Å²) in [5.74, 6) is 2.23. The zero-order valence-corrected chi connectivity index (χ0v) is 8.09. The smallest absolute Gasteiger partial charge is 0.147 e. The van der Waals surface area contributed by atoms with Gasteiger partial charge < -0.3 is 0 Å². The Morgan fingerprint density at radius 1 is 1.38 bits per heavy atom. The number of hydrogen-bond acceptors (Lipinski definition) is 2. The lowest BCUT2D eigenvalue weighted by Crippen LogP contribution is -2.44.